The summed E-state index contributed by atoms with van der Waals surface area (Å²) in [7, 11) is 0. The van der Waals surface area contributed by atoms with Gasteiger partial charge in [0.15, 0.2) is 0 Å². The molecule has 1 aromatic heterocycles. The molecule has 0 radical (unpaired) electrons. The lowest BCUT2D eigenvalue weighted by Crippen LogP contribution is -2.50. The second-order valence-electron chi connectivity index (χ2n) is 12.4. The molecule has 39 heavy (non-hydrogen) atoms. The summed E-state index contributed by atoms with van der Waals surface area (Å²) in [4.78, 5) is 14.2. The number of nitrogens with zero attached hydrogens (tertiary/aromatic N) is 3. The third-order valence-corrected chi connectivity index (χ3v) is 8.17. The fraction of sp³-hybridized carbons (Fsp3) is 0.400. The van der Waals surface area contributed by atoms with Crippen molar-refractivity contribution in [2.24, 2.45) is 5.92 Å². The van der Waals surface area contributed by atoms with E-state index in [0.717, 1.165) is 37.6 Å². The van der Waals surface area contributed by atoms with Crippen molar-refractivity contribution in [2.75, 3.05) is 26.2 Å². The van der Waals surface area contributed by atoms with Gasteiger partial charge in [-0.2, -0.15) is 0 Å². The van der Waals surface area contributed by atoms with Crippen molar-refractivity contribution in [1.29, 1.82) is 0 Å². The summed E-state index contributed by atoms with van der Waals surface area (Å²) in [6.07, 6.45) is 0. The highest BCUT2D eigenvalue weighted by Crippen LogP contribution is 2.35. The summed E-state index contributed by atoms with van der Waals surface area (Å²) in [5.74, 6) is 1.44. The number of rotatable bonds is 7. The maximum absolute atomic E-state index is 5.24. The molecule has 204 valence electrons. The second-order valence-corrected chi connectivity index (χ2v) is 12.4. The van der Waals surface area contributed by atoms with E-state index in [9.17, 15) is 0 Å². The maximum Gasteiger partial charge on any atom is 0.137 e. The molecule has 1 N–H and O–H groups in total. The van der Waals surface area contributed by atoms with Crippen molar-refractivity contribution in [3.8, 4) is 11.4 Å². The van der Waals surface area contributed by atoms with Gasteiger partial charge in [-0.3, -0.25) is 9.80 Å². The van der Waals surface area contributed by atoms with Crippen LogP contribution in [0.15, 0.2) is 84.9 Å². The summed E-state index contributed by atoms with van der Waals surface area (Å²) in [5.41, 5.74) is 7.70. The monoisotopic (exact) mass is 520 g/mol. The van der Waals surface area contributed by atoms with Crippen molar-refractivity contribution >= 4 is 0 Å². The average molecular weight is 521 g/mol. The number of aromatic amines is 1. The van der Waals surface area contributed by atoms with Crippen molar-refractivity contribution in [3.05, 3.63) is 113 Å². The Balaban J connectivity index is 1.37. The molecule has 1 aliphatic rings. The molecule has 0 bridgehead atoms. The Bertz CT molecular complexity index is 1300. The van der Waals surface area contributed by atoms with E-state index < -0.39 is 0 Å². The number of hydrogen-bond acceptors (Lipinski definition) is 3. The molecule has 1 unspecified atom stereocenters. The van der Waals surface area contributed by atoms with Gasteiger partial charge >= 0.3 is 0 Å². The maximum atomic E-state index is 5.24. The predicted molar refractivity (Wildman–Crippen MR) is 163 cm³/mol. The lowest BCUT2D eigenvalue weighted by atomic mass is 9.86. The zero-order valence-corrected chi connectivity index (χ0v) is 24.5. The summed E-state index contributed by atoms with van der Waals surface area (Å²) < 4.78 is 0. The first-order valence-electron chi connectivity index (χ1n) is 14.5. The Morgan fingerprint density at radius 1 is 0.744 bits per heavy atom. The van der Waals surface area contributed by atoms with Crippen LogP contribution >= 0.6 is 0 Å². The standard InChI is InChI=1S/C35H44N4/c1-25(2)32(31-26(3)36-34(37-31)29-18-13-19-30(24-29)35(4,5)6)38-20-22-39(23-21-38)33(27-14-9-7-10-15-27)28-16-11-8-12-17-28/h7-19,24-25,32-33H,20-23H2,1-6H3,(H,36,37). The molecule has 0 saturated carbocycles. The number of aromatic nitrogens is 2. The average Bonchev–Trinajstić information content (AvgIpc) is 3.31. The smallest absolute Gasteiger partial charge is 0.137 e. The third-order valence-electron chi connectivity index (χ3n) is 8.17. The molecule has 0 aliphatic carbocycles. The molecule has 3 aromatic carbocycles. The van der Waals surface area contributed by atoms with Crippen molar-refractivity contribution < 1.29 is 0 Å². The van der Waals surface area contributed by atoms with Gasteiger partial charge in [0.25, 0.3) is 0 Å². The van der Waals surface area contributed by atoms with E-state index in [0.29, 0.717) is 5.92 Å². The molecule has 5 rings (SSSR count). The number of H-pyrrole nitrogens is 1. The topological polar surface area (TPSA) is 35.2 Å². The van der Waals surface area contributed by atoms with E-state index in [4.69, 9.17) is 4.98 Å². The molecule has 1 saturated heterocycles. The number of hydrogen-bond donors (Lipinski definition) is 1. The summed E-state index contributed by atoms with van der Waals surface area (Å²) in [5, 5.41) is 0. The number of imidazole rings is 1. The molecular weight excluding hydrogens is 476 g/mol. The van der Waals surface area contributed by atoms with E-state index in [1.54, 1.807) is 0 Å². The Labute approximate surface area is 235 Å². The fourth-order valence-electron chi connectivity index (χ4n) is 6.10. The third kappa shape index (κ3) is 6.03. The number of aryl methyl sites for hydroxylation is 1. The largest absolute Gasteiger partial charge is 0.342 e. The summed E-state index contributed by atoms with van der Waals surface area (Å²) in [6.45, 7) is 17.8. The molecular formula is C35H44N4. The van der Waals surface area contributed by atoms with Gasteiger partial charge in [0.05, 0.1) is 17.8 Å². The first-order chi connectivity index (χ1) is 18.7. The zero-order valence-electron chi connectivity index (χ0n) is 24.5. The van der Waals surface area contributed by atoms with Gasteiger partial charge in [0.1, 0.15) is 5.82 Å². The second kappa shape index (κ2) is 11.5. The lowest BCUT2D eigenvalue weighted by Gasteiger charge is -2.43. The molecule has 4 nitrogen and oxygen atoms in total. The van der Waals surface area contributed by atoms with Gasteiger partial charge in [0, 0.05) is 37.4 Å². The van der Waals surface area contributed by atoms with Crippen LogP contribution in [0, 0.1) is 12.8 Å². The molecule has 1 atom stereocenters. The van der Waals surface area contributed by atoms with Gasteiger partial charge < -0.3 is 4.98 Å². The van der Waals surface area contributed by atoms with Crippen molar-refractivity contribution in [2.45, 2.75) is 59.0 Å². The van der Waals surface area contributed by atoms with E-state index in [1.165, 1.54) is 28.1 Å². The molecule has 2 heterocycles. The minimum absolute atomic E-state index is 0.109. The van der Waals surface area contributed by atoms with E-state index >= 15 is 0 Å². The van der Waals surface area contributed by atoms with Crippen LogP contribution in [0.5, 0.6) is 0 Å². The van der Waals surface area contributed by atoms with E-state index in [1.807, 2.05) is 0 Å². The minimum atomic E-state index is 0.109. The van der Waals surface area contributed by atoms with Crippen molar-refractivity contribution in [1.82, 2.24) is 19.8 Å². The molecule has 1 aliphatic heterocycles. The highest BCUT2D eigenvalue weighted by Gasteiger charge is 2.33. The normalized spacial score (nSPS) is 16.2. The molecule has 1 fully saturated rings. The number of nitrogens with one attached hydrogen (secondary N) is 1. The number of benzene rings is 3. The van der Waals surface area contributed by atoms with Gasteiger partial charge in [-0.15, -0.1) is 0 Å². The van der Waals surface area contributed by atoms with E-state index in [2.05, 4.69) is 141 Å². The molecule has 0 amide bonds. The van der Waals surface area contributed by atoms with Crippen LogP contribution in [0.1, 0.15) is 74.8 Å². The van der Waals surface area contributed by atoms with Crippen LogP contribution in [0.4, 0.5) is 0 Å². The lowest BCUT2D eigenvalue weighted by molar-refractivity contribution is 0.0599. The van der Waals surface area contributed by atoms with Gasteiger partial charge in [0.2, 0.25) is 0 Å². The van der Waals surface area contributed by atoms with Gasteiger partial charge in [-0.05, 0) is 41.0 Å². The highest BCUT2D eigenvalue weighted by atomic mass is 15.3. The number of piperazine rings is 1. The molecule has 4 heteroatoms. The van der Waals surface area contributed by atoms with Crippen LogP contribution in [-0.4, -0.2) is 45.9 Å². The minimum Gasteiger partial charge on any atom is -0.342 e. The summed E-state index contributed by atoms with van der Waals surface area (Å²) in [6, 6.07) is 31.3. The van der Waals surface area contributed by atoms with Gasteiger partial charge in [-0.1, -0.05) is 113 Å². The Morgan fingerprint density at radius 3 is 1.85 bits per heavy atom. The van der Waals surface area contributed by atoms with Crippen LogP contribution in [0.2, 0.25) is 0 Å². The quantitative estimate of drug-likeness (QED) is 0.270. The van der Waals surface area contributed by atoms with Gasteiger partial charge in [-0.25, -0.2) is 4.98 Å². The Morgan fingerprint density at radius 2 is 1.31 bits per heavy atom. The summed E-state index contributed by atoms with van der Waals surface area (Å²) >= 11 is 0. The molecule has 4 aromatic rings. The van der Waals surface area contributed by atoms with Crippen LogP contribution in [0.25, 0.3) is 11.4 Å². The van der Waals surface area contributed by atoms with Crippen LogP contribution < -0.4 is 0 Å². The van der Waals surface area contributed by atoms with Crippen LogP contribution in [0.3, 0.4) is 0 Å². The van der Waals surface area contributed by atoms with Crippen LogP contribution in [-0.2, 0) is 5.41 Å². The Kier molecular flexibility index (Phi) is 8.06. The predicted octanol–water partition coefficient (Wildman–Crippen LogP) is 7.79. The highest BCUT2D eigenvalue weighted by molar-refractivity contribution is 5.58. The molecule has 0 spiro atoms. The SMILES string of the molecule is Cc1[nH]c(-c2cccc(C(C)(C)C)c2)nc1C(C(C)C)N1CCN(C(c2ccccc2)c2ccccc2)CC1. The first kappa shape index (κ1) is 27.4. The zero-order chi connectivity index (χ0) is 27.6. The first-order valence-corrected chi connectivity index (χ1v) is 14.5. The van der Waals surface area contributed by atoms with Crippen molar-refractivity contribution in [3.63, 3.8) is 0 Å². The Hall–Kier alpha value is -3.21. The van der Waals surface area contributed by atoms with E-state index in [-0.39, 0.29) is 17.5 Å². The fourth-order valence-corrected chi connectivity index (χ4v) is 6.10.